The lowest BCUT2D eigenvalue weighted by molar-refractivity contribution is -0.128. The third-order valence-electron chi connectivity index (χ3n) is 4.91. The summed E-state index contributed by atoms with van der Waals surface area (Å²) in [6.45, 7) is 11.5. The average molecular weight is 297 g/mol. The maximum atomic E-state index is 12.6. The van der Waals surface area contributed by atoms with Gasteiger partial charge in [-0.2, -0.15) is 0 Å². The smallest absolute Gasteiger partial charge is 0.237 e. The molecule has 3 N–H and O–H groups in total. The lowest BCUT2D eigenvalue weighted by Gasteiger charge is -2.40. The van der Waals surface area contributed by atoms with E-state index >= 15 is 0 Å². The van der Waals surface area contributed by atoms with Gasteiger partial charge in [-0.05, 0) is 65.8 Å². The molecular weight excluding hydrogens is 262 g/mol. The normalized spacial score (nSPS) is 24.9. The Morgan fingerprint density at radius 3 is 2.33 bits per heavy atom. The van der Waals surface area contributed by atoms with Gasteiger partial charge < -0.3 is 11.1 Å². The van der Waals surface area contributed by atoms with E-state index in [4.69, 9.17) is 5.73 Å². The number of nitrogens with one attached hydrogen (secondary N) is 1. The molecular formula is C17H35N3O. The highest BCUT2D eigenvalue weighted by molar-refractivity contribution is 5.82. The average Bonchev–Trinajstić information content (AvgIpc) is 2.45. The van der Waals surface area contributed by atoms with E-state index in [9.17, 15) is 4.79 Å². The third-order valence-corrected chi connectivity index (χ3v) is 4.91. The molecule has 1 amide bonds. The lowest BCUT2D eigenvalue weighted by atomic mass is 9.89. The Balaban J connectivity index is 2.68. The second-order valence-corrected chi connectivity index (χ2v) is 7.21. The SMILES string of the molecule is CCCN(C1CCC(N)CC1)C(C)C(=O)NC(C)(C)CC. The molecule has 1 saturated carbocycles. The zero-order valence-corrected chi connectivity index (χ0v) is 14.6. The maximum absolute atomic E-state index is 12.6. The molecule has 4 nitrogen and oxygen atoms in total. The van der Waals surface area contributed by atoms with Gasteiger partial charge in [-0.3, -0.25) is 9.69 Å². The second-order valence-electron chi connectivity index (χ2n) is 7.21. The van der Waals surface area contributed by atoms with Crippen LogP contribution < -0.4 is 11.1 Å². The Labute approximate surface area is 130 Å². The van der Waals surface area contributed by atoms with Gasteiger partial charge in [0, 0.05) is 17.6 Å². The molecule has 0 heterocycles. The minimum absolute atomic E-state index is 0.0601. The summed E-state index contributed by atoms with van der Waals surface area (Å²) in [4.78, 5) is 15.0. The summed E-state index contributed by atoms with van der Waals surface area (Å²) in [6, 6.07) is 0.804. The molecule has 1 atom stereocenters. The molecule has 1 rings (SSSR count). The van der Waals surface area contributed by atoms with Crippen molar-refractivity contribution < 1.29 is 4.79 Å². The molecule has 21 heavy (non-hydrogen) atoms. The van der Waals surface area contributed by atoms with Crippen molar-refractivity contribution in [1.82, 2.24) is 10.2 Å². The van der Waals surface area contributed by atoms with E-state index < -0.39 is 0 Å². The van der Waals surface area contributed by atoms with E-state index in [0.717, 1.165) is 45.1 Å². The number of amides is 1. The van der Waals surface area contributed by atoms with Crippen molar-refractivity contribution in [2.24, 2.45) is 5.73 Å². The zero-order valence-electron chi connectivity index (χ0n) is 14.6. The Morgan fingerprint density at radius 1 is 1.29 bits per heavy atom. The van der Waals surface area contributed by atoms with E-state index in [-0.39, 0.29) is 17.5 Å². The quantitative estimate of drug-likeness (QED) is 0.759. The van der Waals surface area contributed by atoms with Gasteiger partial charge in [-0.15, -0.1) is 0 Å². The number of nitrogens with zero attached hydrogens (tertiary/aromatic N) is 1. The standard InChI is InChI=1S/C17H35N3O/c1-6-12-20(15-10-8-14(18)9-11-15)13(3)16(21)19-17(4,5)7-2/h13-15H,6-12,18H2,1-5H3,(H,19,21). The number of carbonyl (C=O) groups excluding carboxylic acids is 1. The fraction of sp³-hybridized carbons (Fsp3) is 0.941. The van der Waals surface area contributed by atoms with Gasteiger partial charge in [0.2, 0.25) is 5.91 Å². The van der Waals surface area contributed by atoms with Crippen LogP contribution in [0.3, 0.4) is 0 Å². The summed E-state index contributed by atoms with van der Waals surface area (Å²) in [5.41, 5.74) is 5.88. The van der Waals surface area contributed by atoms with E-state index in [1.165, 1.54) is 0 Å². The molecule has 1 fully saturated rings. The van der Waals surface area contributed by atoms with Gasteiger partial charge >= 0.3 is 0 Å². The van der Waals surface area contributed by atoms with Crippen LogP contribution in [0.2, 0.25) is 0 Å². The molecule has 0 bridgehead atoms. The number of rotatable bonds is 7. The Hall–Kier alpha value is -0.610. The van der Waals surface area contributed by atoms with Gasteiger partial charge in [0.05, 0.1) is 6.04 Å². The summed E-state index contributed by atoms with van der Waals surface area (Å²) in [5, 5.41) is 3.19. The predicted octanol–water partition coefficient (Wildman–Crippen LogP) is 2.66. The van der Waals surface area contributed by atoms with Gasteiger partial charge in [-0.25, -0.2) is 0 Å². The summed E-state index contributed by atoms with van der Waals surface area (Å²) < 4.78 is 0. The summed E-state index contributed by atoms with van der Waals surface area (Å²) in [7, 11) is 0. The van der Waals surface area contributed by atoms with E-state index in [1.807, 2.05) is 6.92 Å². The molecule has 0 aromatic rings. The van der Waals surface area contributed by atoms with Crippen LogP contribution in [0.15, 0.2) is 0 Å². The first kappa shape index (κ1) is 18.4. The highest BCUT2D eigenvalue weighted by atomic mass is 16.2. The first-order valence-electron chi connectivity index (χ1n) is 8.64. The molecule has 0 saturated heterocycles. The molecule has 1 aliphatic rings. The predicted molar refractivity (Wildman–Crippen MR) is 89.2 cm³/mol. The maximum Gasteiger partial charge on any atom is 0.237 e. The first-order chi connectivity index (χ1) is 9.80. The van der Waals surface area contributed by atoms with Crippen LogP contribution in [-0.2, 0) is 4.79 Å². The van der Waals surface area contributed by atoms with E-state index in [1.54, 1.807) is 0 Å². The van der Waals surface area contributed by atoms with Crippen molar-refractivity contribution in [2.45, 2.75) is 96.8 Å². The van der Waals surface area contributed by atoms with Crippen LogP contribution in [0, 0.1) is 0 Å². The van der Waals surface area contributed by atoms with Crippen LogP contribution in [0.1, 0.15) is 73.1 Å². The molecule has 124 valence electrons. The summed E-state index contributed by atoms with van der Waals surface area (Å²) in [5.74, 6) is 0.158. The van der Waals surface area contributed by atoms with Crippen LogP contribution in [0.4, 0.5) is 0 Å². The van der Waals surface area contributed by atoms with Crippen molar-refractivity contribution in [2.75, 3.05) is 6.54 Å². The zero-order chi connectivity index (χ0) is 16.0. The highest BCUT2D eigenvalue weighted by Gasteiger charge is 2.31. The second kappa shape index (κ2) is 8.14. The van der Waals surface area contributed by atoms with Gasteiger partial charge in [0.15, 0.2) is 0 Å². The highest BCUT2D eigenvalue weighted by Crippen LogP contribution is 2.24. The molecule has 1 aliphatic carbocycles. The molecule has 4 heteroatoms. The third kappa shape index (κ3) is 5.59. The first-order valence-corrected chi connectivity index (χ1v) is 8.64. The van der Waals surface area contributed by atoms with Crippen molar-refractivity contribution in [3.8, 4) is 0 Å². The number of hydrogen-bond acceptors (Lipinski definition) is 3. The minimum Gasteiger partial charge on any atom is -0.350 e. The van der Waals surface area contributed by atoms with Gasteiger partial charge in [0.25, 0.3) is 0 Å². The monoisotopic (exact) mass is 297 g/mol. The van der Waals surface area contributed by atoms with Crippen molar-refractivity contribution >= 4 is 5.91 Å². The molecule has 0 aromatic heterocycles. The van der Waals surface area contributed by atoms with Crippen LogP contribution in [0.25, 0.3) is 0 Å². The van der Waals surface area contributed by atoms with Crippen molar-refractivity contribution in [3.63, 3.8) is 0 Å². The summed E-state index contributed by atoms with van der Waals surface area (Å²) >= 11 is 0. The minimum atomic E-state index is -0.127. The van der Waals surface area contributed by atoms with Gasteiger partial charge in [0.1, 0.15) is 0 Å². The fourth-order valence-corrected chi connectivity index (χ4v) is 3.06. The molecule has 0 radical (unpaired) electrons. The molecule has 0 aromatic carbocycles. The molecule has 0 spiro atoms. The Morgan fingerprint density at radius 2 is 1.86 bits per heavy atom. The molecule has 0 aliphatic heterocycles. The van der Waals surface area contributed by atoms with Crippen LogP contribution in [0.5, 0.6) is 0 Å². The number of hydrogen-bond donors (Lipinski definition) is 2. The van der Waals surface area contributed by atoms with Crippen molar-refractivity contribution in [1.29, 1.82) is 0 Å². The number of nitrogens with two attached hydrogens (primary N) is 1. The topological polar surface area (TPSA) is 58.4 Å². The lowest BCUT2D eigenvalue weighted by Crippen LogP contribution is -2.55. The molecule has 1 unspecified atom stereocenters. The fourth-order valence-electron chi connectivity index (χ4n) is 3.06. The Kier molecular flexibility index (Phi) is 7.14. The van der Waals surface area contributed by atoms with Crippen molar-refractivity contribution in [3.05, 3.63) is 0 Å². The Bertz CT molecular complexity index is 322. The van der Waals surface area contributed by atoms with Crippen LogP contribution >= 0.6 is 0 Å². The van der Waals surface area contributed by atoms with E-state index in [2.05, 4.69) is 37.9 Å². The summed E-state index contributed by atoms with van der Waals surface area (Å²) in [6.07, 6.45) is 6.43. The largest absolute Gasteiger partial charge is 0.350 e. The van der Waals surface area contributed by atoms with Gasteiger partial charge in [-0.1, -0.05) is 13.8 Å². The van der Waals surface area contributed by atoms with E-state index in [0.29, 0.717) is 12.1 Å². The number of carbonyl (C=O) groups is 1. The van der Waals surface area contributed by atoms with Crippen LogP contribution in [-0.4, -0.2) is 41.0 Å².